The maximum absolute atomic E-state index is 13.7. The number of hydrogen-bond donors (Lipinski definition) is 1. The van der Waals surface area contributed by atoms with Gasteiger partial charge in [0.2, 0.25) is 0 Å². The lowest BCUT2D eigenvalue weighted by molar-refractivity contribution is -0.113. The molecule has 9 heteroatoms. The first kappa shape index (κ1) is 28.1. The number of fused-ring (bicyclic) bond motifs is 1. The van der Waals surface area contributed by atoms with Gasteiger partial charge in [0.1, 0.15) is 5.82 Å². The fraction of sp³-hybridized carbons (Fsp3) is 0.0588. The normalized spacial score (nSPS) is 14.0. The van der Waals surface area contributed by atoms with Crippen LogP contribution in [-0.2, 0) is 11.3 Å². The van der Waals surface area contributed by atoms with Gasteiger partial charge in [0.05, 0.1) is 22.2 Å². The summed E-state index contributed by atoms with van der Waals surface area (Å²) in [5, 5.41) is 13.3. The molecule has 1 N–H and O–H groups in total. The molecule has 1 fully saturated rings. The van der Waals surface area contributed by atoms with Gasteiger partial charge in [0, 0.05) is 40.0 Å². The minimum atomic E-state index is -0.397. The average Bonchev–Trinajstić information content (AvgIpc) is 3.45. The smallest absolute Gasteiger partial charge is 0.270 e. The van der Waals surface area contributed by atoms with Gasteiger partial charge in [-0.05, 0) is 73.2 Å². The largest absolute Gasteiger partial charge is 0.340 e. The molecule has 43 heavy (non-hydrogen) atoms. The monoisotopic (exact) mass is 602 g/mol. The zero-order valence-electron chi connectivity index (χ0n) is 22.9. The Kier molecular flexibility index (Phi) is 7.63. The Balaban J connectivity index is 1.31. The van der Waals surface area contributed by atoms with Crippen LogP contribution < -0.4 is 10.2 Å². The summed E-state index contributed by atoms with van der Waals surface area (Å²) in [6.07, 6.45) is 1.87. The van der Waals surface area contributed by atoms with E-state index in [-0.39, 0.29) is 5.91 Å². The zero-order valence-corrected chi connectivity index (χ0v) is 24.5. The number of benzene rings is 4. The third kappa shape index (κ3) is 5.46. The molecule has 1 aliphatic heterocycles. The number of amides is 2. The Labute approximate surface area is 257 Å². The highest BCUT2D eigenvalue weighted by molar-refractivity contribution is 8.27. The molecule has 0 spiro atoms. The van der Waals surface area contributed by atoms with E-state index in [1.165, 1.54) is 40.9 Å². The van der Waals surface area contributed by atoms with Crippen LogP contribution in [0.15, 0.2) is 102 Å². The first-order valence-electron chi connectivity index (χ1n) is 13.3. The highest BCUT2D eigenvalue weighted by atomic mass is 32.2. The fourth-order valence-corrected chi connectivity index (χ4v) is 6.41. The number of thiocarbonyl (C=S) groups is 1. The number of rotatable bonds is 6. The first-order valence-corrected chi connectivity index (χ1v) is 14.6. The molecule has 1 aromatic heterocycles. The van der Waals surface area contributed by atoms with Crippen LogP contribution in [-0.4, -0.2) is 20.7 Å². The highest BCUT2D eigenvalue weighted by Crippen LogP contribution is 2.38. The van der Waals surface area contributed by atoms with Crippen molar-refractivity contribution in [2.75, 3.05) is 10.2 Å². The molecule has 1 saturated heterocycles. The molecule has 4 aromatic carbocycles. The predicted molar refractivity (Wildman–Crippen MR) is 173 cm³/mol. The minimum Gasteiger partial charge on any atom is -0.340 e. The van der Waals surface area contributed by atoms with E-state index in [0.29, 0.717) is 38.3 Å². The molecule has 2 amide bonds. The van der Waals surface area contributed by atoms with E-state index < -0.39 is 11.7 Å². The highest BCUT2D eigenvalue weighted by Gasteiger charge is 2.34. The second kappa shape index (κ2) is 11.7. The van der Waals surface area contributed by atoms with Crippen molar-refractivity contribution in [3.63, 3.8) is 0 Å². The van der Waals surface area contributed by atoms with Crippen molar-refractivity contribution in [1.82, 2.24) is 4.57 Å². The van der Waals surface area contributed by atoms with Gasteiger partial charge in [-0.3, -0.25) is 14.5 Å². The number of thioether (sulfide) groups is 1. The van der Waals surface area contributed by atoms with E-state index in [9.17, 15) is 19.2 Å². The molecule has 0 aliphatic carbocycles. The van der Waals surface area contributed by atoms with Crippen molar-refractivity contribution >= 4 is 68.5 Å². The molecule has 0 radical (unpaired) electrons. The number of carbonyl (C=O) groups is 2. The Morgan fingerprint density at radius 2 is 1.77 bits per heavy atom. The molecular formula is C34H23FN4O2S2. The molecular weight excluding hydrogens is 580 g/mol. The number of hydrogen-bond acceptors (Lipinski definition) is 5. The summed E-state index contributed by atoms with van der Waals surface area (Å²) < 4.78 is 15.8. The molecule has 6 rings (SSSR count). The fourth-order valence-electron chi connectivity index (χ4n) is 5.13. The van der Waals surface area contributed by atoms with E-state index >= 15 is 0 Å². The van der Waals surface area contributed by atoms with E-state index in [2.05, 4.69) is 16.0 Å². The lowest BCUT2D eigenvalue weighted by atomic mass is 10.1. The number of anilines is 2. The number of nitrogens with one attached hydrogen (secondary N) is 1. The van der Waals surface area contributed by atoms with E-state index in [1.807, 2.05) is 61.5 Å². The van der Waals surface area contributed by atoms with E-state index in [0.717, 1.165) is 27.7 Å². The Morgan fingerprint density at radius 1 is 1.02 bits per heavy atom. The van der Waals surface area contributed by atoms with Crippen molar-refractivity contribution in [3.05, 3.63) is 136 Å². The molecule has 210 valence electrons. The SMILES string of the molecule is Cc1c(/C=C2/SC(=S)N(c3cccc(C(=O)Nc4ccc(F)cc4)c3)C2=O)c2ccccc2n1Cc1ccccc1C#N. The van der Waals surface area contributed by atoms with Crippen LogP contribution in [0.4, 0.5) is 15.8 Å². The van der Waals surface area contributed by atoms with E-state index in [4.69, 9.17) is 12.2 Å². The molecule has 1 aliphatic rings. The van der Waals surface area contributed by atoms with Crippen molar-refractivity contribution in [1.29, 1.82) is 5.26 Å². The van der Waals surface area contributed by atoms with Crippen molar-refractivity contribution < 1.29 is 14.0 Å². The molecule has 6 nitrogen and oxygen atoms in total. The predicted octanol–water partition coefficient (Wildman–Crippen LogP) is 7.67. The van der Waals surface area contributed by atoms with Crippen LogP contribution >= 0.6 is 24.0 Å². The van der Waals surface area contributed by atoms with Gasteiger partial charge in [-0.15, -0.1) is 0 Å². The number of aromatic nitrogens is 1. The Hall–Kier alpha value is -5.04. The lowest BCUT2D eigenvalue weighted by Crippen LogP contribution is -2.27. The number of halogens is 1. The Morgan fingerprint density at radius 3 is 2.56 bits per heavy atom. The zero-order chi connectivity index (χ0) is 30.1. The van der Waals surface area contributed by atoms with Gasteiger partial charge in [-0.2, -0.15) is 5.26 Å². The van der Waals surface area contributed by atoms with Gasteiger partial charge < -0.3 is 9.88 Å². The maximum atomic E-state index is 13.7. The first-order chi connectivity index (χ1) is 20.8. The number of nitrogens with zero attached hydrogens (tertiary/aromatic N) is 3. The number of carbonyl (C=O) groups excluding carboxylic acids is 2. The van der Waals surface area contributed by atoms with Crippen molar-refractivity contribution in [3.8, 4) is 6.07 Å². The van der Waals surface area contributed by atoms with Gasteiger partial charge >= 0.3 is 0 Å². The molecule has 5 aromatic rings. The van der Waals surface area contributed by atoms with Crippen LogP contribution in [0.5, 0.6) is 0 Å². The molecule has 2 heterocycles. The number of nitriles is 1. The molecule has 0 bridgehead atoms. The molecule has 0 saturated carbocycles. The summed E-state index contributed by atoms with van der Waals surface area (Å²) in [5.74, 6) is -1.07. The lowest BCUT2D eigenvalue weighted by Gasteiger charge is -2.15. The summed E-state index contributed by atoms with van der Waals surface area (Å²) in [5.41, 5.74) is 5.65. The second-order valence-electron chi connectivity index (χ2n) is 9.90. The van der Waals surface area contributed by atoms with Gasteiger partial charge in [-0.25, -0.2) is 4.39 Å². The summed E-state index contributed by atoms with van der Waals surface area (Å²) in [7, 11) is 0. The quantitative estimate of drug-likeness (QED) is 0.159. The van der Waals surface area contributed by atoms with Crippen molar-refractivity contribution in [2.24, 2.45) is 0 Å². The number of para-hydroxylation sites is 1. The Bertz CT molecular complexity index is 2010. The van der Waals surface area contributed by atoms with Gasteiger partial charge in [0.25, 0.3) is 11.8 Å². The van der Waals surface area contributed by atoms with Gasteiger partial charge in [-0.1, -0.05) is 66.4 Å². The third-order valence-corrected chi connectivity index (χ3v) is 8.59. The minimum absolute atomic E-state index is 0.280. The maximum Gasteiger partial charge on any atom is 0.270 e. The topological polar surface area (TPSA) is 78.1 Å². The van der Waals surface area contributed by atoms with Crippen LogP contribution in [0.3, 0.4) is 0 Å². The van der Waals surface area contributed by atoms with Crippen LogP contribution in [0, 0.1) is 24.1 Å². The third-order valence-electron chi connectivity index (χ3n) is 7.28. The van der Waals surface area contributed by atoms with Crippen LogP contribution in [0.25, 0.3) is 17.0 Å². The van der Waals surface area contributed by atoms with Crippen LogP contribution in [0.1, 0.15) is 32.7 Å². The summed E-state index contributed by atoms with van der Waals surface area (Å²) in [6, 6.07) is 29.9. The summed E-state index contributed by atoms with van der Waals surface area (Å²) in [4.78, 5) is 28.5. The van der Waals surface area contributed by atoms with Crippen molar-refractivity contribution in [2.45, 2.75) is 13.5 Å². The second-order valence-corrected chi connectivity index (χ2v) is 11.6. The average molecular weight is 603 g/mol. The molecule has 0 unspecified atom stereocenters. The standard InChI is InChI=1S/C34H23FN4O2S2/c1-21-29(28-11-4-5-12-30(28)38(21)20-24-8-3-2-7-23(24)19-36)18-31-33(41)39(34(42)43-31)27-10-6-9-22(17-27)32(40)37-26-15-13-25(35)14-16-26/h2-18H,20H2,1H3,(H,37,40)/b31-18+. The summed E-state index contributed by atoms with van der Waals surface area (Å²) >= 11 is 6.83. The van der Waals surface area contributed by atoms with Gasteiger partial charge in [0.15, 0.2) is 4.32 Å². The van der Waals surface area contributed by atoms with Crippen LogP contribution in [0.2, 0.25) is 0 Å². The summed E-state index contributed by atoms with van der Waals surface area (Å²) in [6.45, 7) is 2.52. The van der Waals surface area contributed by atoms with E-state index in [1.54, 1.807) is 24.3 Å². The molecule has 0 atom stereocenters.